The van der Waals surface area contributed by atoms with Crippen LogP contribution in [0.25, 0.3) is 11.3 Å². The Bertz CT molecular complexity index is 1060. The predicted molar refractivity (Wildman–Crippen MR) is 108 cm³/mol. The van der Waals surface area contributed by atoms with Gasteiger partial charge in [0, 0.05) is 11.3 Å². The molecule has 28 heavy (non-hydrogen) atoms. The van der Waals surface area contributed by atoms with Crippen LogP contribution in [0.5, 0.6) is 5.75 Å². The molecule has 2 heterocycles. The lowest BCUT2D eigenvalue weighted by Gasteiger charge is -2.23. The van der Waals surface area contributed by atoms with Crippen molar-refractivity contribution in [1.82, 2.24) is 4.98 Å². The first-order chi connectivity index (χ1) is 13.5. The molecule has 2 aromatic carbocycles. The number of carbonyl (C=O) groups excluding carboxylic acids is 2. The van der Waals surface area contributed by atoms with Gasteiger partial charge in [0.15, 0.2) is 6.10 Å². The SMILES string of the molecule is Cc1nc(-c2ccccc2)ccc1C(=O)Nc1ccc2c(c1)NC(=O)C(C)O2. The van der Waals surface area contributed by atoms with Gasteiger partial charge in [0.2, 0.25) is 0 Å². The van der Waals surface area contributed by atoms with E-state index in [2.05, 4.69) is 15.6 Å². The van der Waals surface area contributed by atoms with Crippen molar-refractivity contribution in [3.8, 4) is 17.0 Å². The molecule has 0 saturated carbocycles. The van der Waals surface area contributed by atoms with Crippen molar-refractivity contribution in [2.45, 2.75) is 20.0 Å². The number of ether oxygens (including phenoxy) is 1. The molecule has 1 atom stereocenters. The Morgan fingerprint density at radius 3 is 2.64 bits per heavy atom. The quantitative estimate of drug-likeness (QED) is 0.726. The van der Waals surface area contributed by atoms with E-state index in [0.29, 0.717) is 28.4 Å². The van der Waals surface area contributed by atoms with Gasteiger partial charge in [0.25, 0.3) is 11.8 Å². The second kappa shape index (κ2) is 7.15. The number of hydrogen-bond donors (Lipinski definition) is 2. The summed E-state index contributed by atoms with van der Waals surface area (Å²) in [5.74, 6) is 0.101. The van der Waals surface area contributed by atoms with Gasteiger partial charge < -0.3 is 15.4 Å². The minimum absolute atomic E-state index is 0.215. The second-order valence-electron chi connectivity index (χ2n) is 6.61. The lowest BCUT2D eigenvalue weighted by Crippen LogP contribution is -2.34. The number of rotatable bonds is 3. The van der Waals surface area contributed by atoms with E-state index in [4.69, 9.17) is 4.74 Å². The van der Waals surface area contributed by atoms with E-state index in [1.165, 1.54) is 0 Å². The number of nitrogens with one attached hydrogen (secondary N) is 2. The number of pyridine rings is 1. The zero-order valence-corrected chi connectivity index (χ0v) is 15.5. The Hall–Kier alpha value is -3.67. The Labute approximate surface area is 162 Å². The molecule has 4 rings (SSSR count). The van der Waals surface area contributed by atoms with Crippen molar-refractivity contribution in [3.05, 3.63) is 71.9 Å². The number of aromatic nitrogens is 1. The molecule has 6 nitrogen and oxygen atoms in total. The summed E-state index contributed by atoms with van der Waals surface area (Å²) in [5, 5.41) is 5.62. The topological polar surface area (TPSA) is 80.3 Å². The smallest absolute Gasteiger partial charge is 0.265 e. The summed E-state index contributed by atoms with van der Waals surface area (Å²) in [6.45, 7) is 3.49. The van der Waals surface area contributed by atoms with Crippen molar-refractivity contribution in [3.63, 3.8) is 0 Å². The molecular formula is C22H19N3O3. The van der Waals surface area contributed by atoms with Gasteiger partial charge in [0.05, 0.1) is 22.6 Å². The number of aryl methyl sites for hydroxylation is 1. The fourth-order valence-electron chi connectivity index (χ4n) is 3.06. The molecular weight excluding hydrogens is 354 g/mol. The molecule has 0 bridgehead atoms. The van der Waals surface area contributed by atoms with E-state index < -0.39 is 6.10 Å². The summed E-state index contributed by atoms with van der Waals surface area (Å²) in [4.78, 5) is 29.0. The number of benzene rings is 2. The largest absolute Gasteiger partial charge is 0.479 e. The molecule has 0 radical (unpaired) electrons. The maximum atomic E-state index is 12.7. The van der Waals surface area contributed by atoms with E-state index in [-0.39, 0.29) is 11.8 Å². The molecule has 2 N–H and O–H groups in total. The predicted octanol–water partition coefficient (Wildman–Crippen LogP) is 4.03. The lowest BCUT2D eigenvalue weighted by molar-refractivity contribution is -0.122. The first-order valence-corrected chi connectivity index (χ1v) is 8.97. The zero-order chi connectivity index (χ0) is 19.7. The van der Waals surface area contributed by atoms with Gasteiger partial charge in [-0.2, -0.15) is 0 Å². The van der Waals surface area contributed by atoms with Crippen LogP contribution in [0.15, 0.2) is 60.7 Å². The van der Waals surface area contributed by atoms with E-state index in [1.54, 1.807) is 31.2 Å². The first-order valence-electron chi connectivity index (χ1n) is 8.97. The van der Waals surface area contributed by atoms with Crippen LogP contribution in [0.2, 0.25) is 0 Å². The third-order valence-electron chi connectivity index (χ3n) is 4.57. The van der Waals surface area contributed by atoms with E-state index in [0.717, 1.165) is 11.3 Å². The Morgan fingerprint density at radius 2 is 1.89 bits per heavy atom. The van der Waals surface area contributed by atoms with Crippen LogP contribution in [0, 0.1) is 6.92 Å². The molecule has 1 aliphatic rings. The Morgan fingerprint density at radius 1 is 1.11 bits per heavy atom. The average Bonchev–Trinajstić information content (AvgIpc) is 2.69. The molecule has 2 amide bonds. The molecule has 140 valence electrons. The maximum absolute atomic E-state index is 12.7. The minimum Gasteiger partial charge on any atom is -0.479 e. The van der Waals surface area contributed by atoms with Crippen molar-refractivity contribution in [2.24, 2.45) is 0 Å². The third kappa shape index (κ3) is 3.44. The summed E-state index contributed by atoms with van der Waals surface area (Å²) in [6, 6.07) is 18.6. The highest BCUT2D eigenvalue weighted by molar-refractivity contribution is 6.06. The van der Waals surface area contributed by atoms with Gasteiger partial charge >= 0.3 is 0 Å². The van der Waals surface area contributed by atoms with Gasteiger partial charge in [-0.05, 0) is 44.2 Å². The number of carbonyl (C=O) groups is 2. The highest BCUT2D eigenvalue weighted by atomic mass is 16.5. The van der Waals surface area contributed by atoms with Crippen LogP contribution in [0.3, 0.4) is 0 Å². The zero-order valence-electron chi connectivity index (χ0n) is 15.5. The Kier molecular flexibility index (Phi) is 4.53. The molecule has 0 saturated heterocycles. The van der Waals surface area contributed by atoms with Gasteiger partial charge in [-0.15, -0.1) is 0 Å². The van der Waals surface area contributed by atoms with Crippen LogP contribution in [0.4, 0.5) is 11.4 Å². The fourth-order valence-corrected chi connectivity index (χ4v) is 3.06. The summed E-state index contributed by atoms with van der Waals surface area (Å²) in [7, 11) is 0. The third-order valence-corrected chi connectivity index (χ3v) is 4.57. The summed E-state index contributed by atoms with van der Waals surface area (Å²) in [6.07, 6.45) is -0.537. The minimum atomic E-state index is -0.537. The van der Waals surface area contributed by atoms with Crippen molar-refractivity contribution >= 4 is 23.2 Å². The molecule has 1 aromatic heterocycles. The van der Waals surface area contributed by atoms with E-state index in [1.807, 2.05) is 43.3 Å². The van der Waals surface area contributed by atoms with Gasteiger partial charge in [-0.1, -0.05) is 30.3 Å². The van der Waals surface area contributed by atoms with Gasteiger partial charge in [0.1, 0.15) is 5.75 Å². The highest BCUT2D eigenvalue weighted by Crippen LogP contribution is 2.32. The summed E-state index contributed by atoms with van der Waals surface area (Å²) in [5.41, 5.74) is 4.05. The normalized spacial score (nSPS) is 15.2. The highest BCUT2D eigenvalue weighted by Gasteiger charge is 2.23. The number of fused-ring (bicyclic) bond motifs is 1. The number of nitrogens with zero attached hydrogens (tertiary/aromatic N) is 1. The summed E-state index contributed by atoms with van der Waals surface area (Å²) >= 11 is 0. The number of anilines is 2. The fraction of sp³-hybridized carbons (Fsp3) is 0.136. The monoisotopic (exact) mass is 373 g/mol. The molecule has 1 unspecified atom stereocenters. The standard InChI is InChI=1S/C22H19N3O3/c1-13-17(9-10-18(23-13)15-6-4-3-5-7-15)22(27)24-16-8-11-20-19(12-16)25-21(26)14(2)28-20/h3-12,14H,1-2H3,(H,24,27)(H,25,26). The Balaban J connectivity index is 1.54. The summed E-state index contributed by atoms with van der Waals surface area (Å²) < 4.78 is 5.53. The van der Waals surface area contributed by atoms with Crippen LogP contribution in [-0.2, 0) is 4.79 Å². The van der Waals surface area contributed by atoms with Crippen LogP contribution in [0.1, 0.15) is 23.0 Å². The molecule has 0 spiro atoms. The molecule has 0 fully saturated rings. The van der Waals surface area contributed by atoms with Gasteiger partial charge in [-0.25, -0.2) is 0 Å². The van der Waals surface area contributed by atoms with E-state index in [9.17, 15) is 9.59 Å². The molecule has 1 aliphatic heterocycles. The maximum Gasteiger partial charge on any atom is 0.265 e. The van der Waals surface area contributed by atoms with Crippen LogP contribution >= 0.6 is 0 Å². The van der Waals surface area contributed by atoms with Crippen molar-refractivity contribution in [2.75, 3.05) is 10.6 Å². The number of hydrogen-bond acceptors (Lipinski definition) is 4. The molecule has 3 aromatic rings. The molecule has 6 heteroatoms. The van der Waals surface area contributed by atoms with Crippen molar-refractivity contribution in [1.29, 1.82) is 0 Å². The average molecular weight is 373 g/mol. The second-order valence-corrected chi connectivity index (χ2v) is 6.61. The van der Waals surface area contributed by atoms with Gasteiger partial charge in [-0.3, -0.25) is 14.6 Å². The van der Waals surface area contributed by atoms with Crippen molar-refractivity contribution < 1.29 is 14.3 Å². The van der Waals surface area contributed by atoms with E-state index >= 15 is 0 Å². The first kappa shape index (κ1) is 17.7. The number of amides is 2. The molecule has 0 aliphatic carbocycles. The van der Waals surface area contributed by atoms with Crippen LogP contribution < -0.4 is 15.4 Å². The van der Waals surface area contributed by atoms with Crippen LogP contribution in [-0.4, -0.2) is 22.9 Å². The lowest BCUT2D eigenvalue weighted by atomic mass is 10.1.